The third-order valence-electron chi connectivity index (χ3n) is 4.53. The largest absolute Gasteiger partial charge is 0.478 e. The van der Waals surface area contributed by atoms with Gasteiger partial charge in [0.25, 0.3) is 0 Å². The first kappa shape index (κ1) is 17.8. The number of aromatic carboxylic acids is 1. The summed E-state index contributed by atoms with van der Waals surface area (Å²) in [5.74, 6) is 0.713. The number of carboxylic acid groups (broad SMARTS) is 1. The summed E-state index contributed by atoms with van der Waals surface area (Å²) < 4.78 is 0. The van der Waals surface area contributed by atoms with Crippen molar-refractivity contribution in [3.63, 3.8) is 0 Å². The average molecular weight is 354 g/mol. The van der Waals surface area contributed by atoms with Gasteiger partial charge in [-0.25, -0.2) is 14.8 Å². The maximum atomic E-state index is 12.2. The van der Waals surface area contributed by atoms with Crippen LogP contribution in [0.2, 0.25) is 0 Å². The van der Waals surface area contributed by atoms with E-state index in [1.807, 2.05) is 6.07 Å². The highest BCUT2D eigenvalue weighted by Crippen LogP contribution is 2.30. The molecule has 136 valence electrons. The van der Waals surface area contributed by atoms with Gasteiger partial charge in [0.05, 0.1) is 12.0 Å². The van der Waals surface area contributed by atoms with Crippen LogP contribution < -0.4 is 10.6 Å². The molecular weight excluding hydrogens is 332 g/mol. The number of aryl methyl sites for hydroxylation is 2. The Morgan fingerprint density at radius 3 is 2.85 bits per heavy atom. The summed E-state index contributed by atoms with van der Waals surface area (Å²) in [6.45, 7) is 2.37. The first-order valence-electron chi connectivity index (χ1n) is 8.71. The molecule has 2 aromatic rings. The minimum absolute atomic E-state index is 0.0146. The second-order valence-corrected chi connectivity index (χ2v) is 6.50. The molecule has 2 heterocycles. The van der Waals surface area contributed by atoms with Gasteiger partial charge in [-0.2, -0.15) is 0 Å². The number of carbonyl (C=O) groups excluding carboxylic acids is 1. The van der Waals surface area contributed by atoms with E-state index in [1.165, 1.54) is 0 Å². The van der Waals surface area contributed by atoms with E-state index in [9.17, 15) is 9.59 Å². The zero-order chi connectivity index (χ0) is 18.7. The van der Waals surface area contributed by atoms with Crippen LogP contribution in [0.25, 0.3) is 0 Å². The Bertz CT molecular complexity index is 851. The van der Waals surface area contributed by atoms with Gasteiger partial charge >= 0.3 is 5.97 Å². The summed E-state index contributed by atoms with van der Waals surface area (Å²) in [7, 11) is 0. The molecule has 7 heteroatoms. The minimum atomic E-state index is -0.908. The number of nitrogen functional groups attached to an aromatic ring is 1. The molecule has 26 heavy (non-hydrogen) atoms. The van der Waals surface area contributed by atoms with Crippen LogP contribution in [0.5, 0.6) is 0 Å². The van der Waals surface area contributed by atoms with Crippen molar-refractivity contribution >= 4 is 23.5 Å². The van der Waals surface area contributed by atoms with E-state index in [-0.39, 0.29) is 12.3 Å². The lowest BCUT2D eigenvalue weighted by molar-refractivity contribution is -0.117. The summed E-state index contributed by atoms with van der Waals surface area (Å²) in [6, 6.07) is 7.02. The standard InChI is InChI=1S/C19H22N4O3/c1-12-21-17(20)15-11-16(24)23(18(15)22-12)9-4-2-3-6-13-7-5-8-14(10-13)19(25)26/h5,7-8,10H,2-4,6,9,11H2,1H3,(H,25,26)(H2,20,21,22). The average Bonchev–Trinajstić information content (AvgIpc) is 2.91. The van der Waals surface area contributed by atoms with Crippen LogP contribution in [0.15, 0.2) is 24.3 Å². The normalized spacial score (nSPS) is 13.1. The van der Waals surface area contributed by atoms with E-state index in [0.29, 0.717) is 29.6 Å². The van der Waals surface area contributed by atoms with Crippen molar-refractivity contribution in [1.82, 2.24) is 9.97 Å². The summed E-state index contributed by atoms with van der Waals surface area (Å²) in [5, 5.41) is 9.03. The summed E-state index contributed by atoms with van der Waals surface area (Å²) >= 11 is 0. The Labute approximate surface area is 151 Å². The molecule has 7 nitrogen and oxygen atoms in total. The topological polar surface area (TPSA) is 109 Å². The molecule has 0 unspecified atom stereocenters. The molecule has 0 radical (unpaired) electrons. The van der Waals surface area contributed by atoms with Gasteiger partial charge in [0.1, 0.15) is 17.5 Å². The highest BCUT2D eigenvalue weighted by molar-refractivity contribution is 6.01. The molecule has 0 spiro atoms. The highest BCUT2D eigenvalue weighted by Gasteiger charge is 2.30. The fourth-order valence-electron chi connectivity index (χ4n) is 3.23. The molecule has 1 amide bonds. The number of nitrogens with two attached hydrogens (primary N) is 1. The molecular formula is C19H22N4O3. The molecule has 3 rings (SSSR count). The Morgan fingerprint density at radius 2 is 2.08 bits per heavy atom. The van der Waals surface area contributed by atoms with Crippen molar-refractivity contribution in [1.29, 1.82) is 0 Å². The van der Waals surface area contributed by atoms with Crippen LogP contribution in [0.1, 0.15) is 46.6 Å². The number of aromatic nitrogens is 2. The van der Waals surface area contributed by atoms with E-state index in [0.717, 1.165) is 36.8 Å². The maximum absolute atomic E-state index is 12.2. The molecule has 3 N–H and O–H groups in total. The van der Waals surface area contributed by atoms with Gasteiger partial charge in [0.2, 0.25) is 5.91 Å². The van der Waals surface area contributed by atoms with Gasteiger partial charge in [-0.05, 0) is 43.9 Å². The number of fused-ring (bicyclic) bond motifs is 1. The summed E-state index contributed by atoms with van der Waals surface area (Å²) in [5.41, 5.74) is 7.96. The number of unbranched alkanes of at least 4 members (excludes halogenated alkanes) is 2. The monoisotopic (exact) mass is 354 g/mol. The zero-order valence-electron chi connectivity index (χ0n) is 14.7. The second-order valence-electron chi connectivity index (χ2n) is 6.50. The first-order chi connectivity index (χ1) is 12.5. The molecule has 1 aromatic carbocycles. The van der Waals surface area contributed by atoms with Crippen molar-refractivity contribution in [2.45, 2.75) is 39.0 Å². The zero-order valence-corrected chi connectivity index (χ0v) is 14.7. The quantitative estimate of drug-likeness (QED) is 0.739. The molecule has 0 atom stereocenters. The minimum Gasteiger partial charge on any atom is -0.478 e. The number of carboxylic acids is 1. The number of anilines is 2. The van der Waals surface area contributed by atoms with E-state index in [4.69, 9.17) is 10.8 Å². The van der Waals surface area contributed by atoms with Crippen LogP contribution in [0.4, 0.5) is 11.6 Å². The van der Waals surface area contributed by atoms with Crippen molar-refractivity contribution in [2.75, 3.05) is 17.2 Å². The third kappa shape index (κ3) is 3.82. The molecule has 0 saturated carbocycles. The Kier molecular flexibility index (Phi) is 5.16. The smallest absolute Gasteiger partial charge is 0.335 e. The van der Waals surface area contributed by atoms with Crippen LogP contribution in [0, 0.1) is 6.92 Å². The second kappa shape index (κ2) is 7.51. The summed E-state index contributed by atoms with van der Waals surface area (Å²) in [4.78, 5) is 33.4. The molecule has 0 saturated heterocycles. The number of carbonyl (C=O) groups is 2. The van der Waals surface area contributed by atoms with Crippen LogP contribution in [-0.2, 0) is 17.6 Å². The molecule has 0 fully saturated rings. The van der Waals surface area contributed by atoms with Crippen molar-refractivity contribution < 1.29 is 14.7 Å². The molecule has 1 aromatic heterocycles. The van der Waals surface area contributed by atoms with Crippen molar-refractivity contribution in [2.24, 2.45) is 0 Å². The predicted molar refractivity (Wildman–Crippen MR) is 98.2 cm³/mol. The Hall–Kier alpha value is -2.96. The predicted octanol–water partition coefficient (Wildman–Crippen LogP) is 2.37. The van der Waals surface area contributed by atoms with Crippen molar-refractivity contribution in [3.05, 3.63) is 46.8 Å². The van der Waals surface area contributed by atoms with Gasteiger partial charge in [0, 0.05) is 12.1 Å². The lowest BCUT2D eigenvalue weighted by atomic mass is 10.0. The number of amides is 1. The molecule has 1 aliphatic rings. The lowest BCUT2D eigenvalue weighted by Gasteiger charge is -2.16. The van der Waals surface area contributed by atoms with Gasteiger partial charge in [0.15, 0.2) is 0 Å². The summed E-state index contributed by atoms with van der Waals surface area (Å²) in [6.07, 6.45) is 3.81. The third-order valence-corrected chi connectivity index (χ3v) is 4.53. The number of hydrogen-bond acceptors (Lipinski definition) is 5. The Morgan fingerprint density at radius 1 is 1.27 bits per heavy atom. The number of rotatable bonds is 7. The van der Waals surface area contributed by atoms with Gasteiger partial charge < -0.3 is 10.8 Å². The van der Waals surface area contributed by atoms with E-state index < -0.39 is 5.97 Å². The molecule has 1 aliphatic heterocycles. The van der Waals surface area contributed by atoms with Gasteiger partial charge in [-0.1, -0.05) is 18.6 Å². The van der Waals surface area contributed by atoms with Gasteiger partial charge in [-0.15, -0.1) is 0 Å². The fourth-order valence-corrected chi connectivity index (χ4v) is 3.23. The van der Waals surface area contributed by atoms with E-state index in [1.54, 1.807) is 30.0 Å². The van der Waals surface area contributed by atoms with E-state index >= 15 is 0 Å². The first-order valence-corrected chi connectivity index (χ1v) is 8.71. The SMILES string of the molecule is Cc1nc(N)c2c(n1)N(CCCCCc1cccc(C(=O)O)c1)C(=O)C2. The molecule has 0 bridgehead atoms. The number of hydrogen-bond donors (Lipinski definition) is 2. The van der Waals surface area contributed by atoms with Crippen molar-refractivity contribution in [3.8, 4) is 0 Å². The highest BCUT2D eigenvalue weighted by atomic mass is 16.4. The lowest BCUT2D eigenvalue weighted by Crippen LogP contribution is -2.28. The van der Waals surface area contributed by atoms with Crippen LogP contribution in [-0.4, -0.2) is 33.5 Å². The van der Waals surface area contributed by atoms with E-state index in [2.05, 4.69) is 9.97 Å². The Balaban J connectivity index is 1.51. The maximum Gasteiger partial charge on any atom is 0.335 e. The van der Waals surface area contributed by atoms with Crippen LogP contribution >= 0.6 is 0 Å². The number of nitrogens with zero attached hydrogens (tertiary/aromatic N) is 3. The number of benzene rings is 1. The fraction of sp³-hybridized carbons (Fsp3) is 0.368. The van der Waals surface area contributed by atoms with Gasteiger partial charge in [-0.3, -0.25) is 9.69 Å². The van der Waals surface area contributed by atoms with Crippen LogP contribution in [0.3, 0.4) is 0 Å². The molecule has 0 aliphatic carbocycles.